The van der Waals surface area contributed by atoms with Gasteiger partial charge in [0, 0.05) is 23.2 Å². The minimum absolute atomic E-state index is 0.0527. The second kappa shape index (κ2) is 7.68. The average molecular weight is 301 g/mol. The van der Waals surface area contributed by atoms with E-state index in [9.17, 15) is 0 Å². The average Bonchev–Trinajstić information content (AvgIpc) is 2.52. The fourth-order valence-electron chi connectivity index (χ4n) is 2.10. The highest BCUT2D eigenvalue weighted by Crippen LogP contribution is 2.24. The molecule has 21 heavy (non-hydrogen) atoms. The highest BCUT2D eigenvalue weighted by molar-refractivity contribution is 6.31. The summed E-state index contributed by atoms with van der Waals surface area (Å²) in [7, 11) is 0. The Kier molecular flexibility index (Phi) is 5.62. The molecule has 1 N–H and O–H groups in total. The summed E-state index contributed by atoms with van der Waals surface area (Å²) in [6.07, 6.45) is 0. The van der Waals surface area contributed by atoms with Crippen molar-refractivity contribution in [3.8, 4) is 11.8 Å². The molecule has 0 bridgehead atoms. The van der Waals surface area contributed by atoms with Gasteiger partial charge in [-0.05, 0) is 24.6 Å². The minimum atomic E-state index is 0.0527. The van der Waals surface area contributed by atoms with Gasteiger partial charge in [-0.1, -0.05) is 48.0 Å². The van der Waals surface area contributed by atoms with Gasteiger partial charge in [-0.2, -0.15) is 5.26 Å². The van der Waals surface area contributed by atoms with Crippen LogP contribution in [0.25, 0.3) is 0 Å². The number of rotatable bonds is 6. The Morgan fingerprint density at radius 3 is 2.67 bits per heavy atom. The van der Waals surface area contributed by atoms with Crippen LogP contribution >= 0.6 is 11.6 Å². The van der Waals surface area contributed by atoms with E-state index >= 15 is 0 Å². The number of nitrogens with zero attached hydrogens (tertiary/aromatic N) is 1. The van der Waals surface area contributed by atoms with Crippen LogP contribution in [-0.2, 0) is 6.54 Å². The van der Waals surface area contributed by atoms with E-state index < -0.39 is 0 Å². The fraction of sp³-hybridized carbons (Fsp3) is 0.235. The first kappa shape index (κ1) is 15.4. The van der Waals surface area contributed by atoms with Crippen molar-refractivity contribution in [2.24, 2.45) is 0 Å². The Morgan fingerprint density at radius 2 is 1.90 bits per heavy atom. The van der Waals surface area contributed by atoms with Gasteiger partial charge in [0.2, 0.25) is 0 Å². The van der Waals surface area contributed by atoms with Crippen molar-refractivity contribution < 1.29 is 4.74 Å². The number of hydrogen-bond acceptors (Lipinski definition) is 3. The smallest absolute Gasteiger partial charge is 0.174 e. The maximum atomic E-state index is 8.61. The molecule has 2 rings (SSSR count). The zero-order valence-electron chi connectivity index (χ0n) is 11.8. The number of nitriles is 1. The van der Waals surface area contributed by atoms with E-state index in [0.29, 0.717) is 6.54 Å². The number of halogens is 1. The number of hydrogen-bond donors (Lipinski definition) is 1. The first-order valence-electron chi connectivity index (χ1n) is 6.78. The van der Waals surface area contributed by atoms with E-state index in [1.165, 1.54) is 0 Å². The monoisotopic (exact) mass is 300 g/mol. The molecule has 0 heterocycles. The molecule has 108 valence electrons. The van der Waals surface area contributed by atoms with Gasteiger partial charge in [-0.25, -0.2) is 0 Å². The summed E-state index contributed by atoms with van der Waals surface area (Å²) in [5.74, 6) is 0.734. The molecule has 0 spiro atoms. The van der Waals surface area contributed by atoms with Crippen molar-refractivity contribution in [3.63, 3.8) is 0 Å². The van der Waals surface area contributed by atoms with Gasteiger partial charge in [0.25, 0.3) is 0 Å². The normalized spacial score (nSPS) is 11.7. The molecule has 0 aliphatic rings. The van der Waals surface area contributed by atoms with Gasteiger partial charge in [0.05, 0.1) is 0 Å². The van der Waals surface area contributed by atoms with Gasteiger partial charge < -0.3 is 10.1 Å². The lowest BCUT2D eigenvalue weighted by Gasteiger charge is -2.17. The second-order valence-electron chi connectivity index (χ2n) is 4.68. The summed E-state index contributed by atoms with van der Waals surface area (Å²) >= 11 is 6.20. The van der Waals surface area contributed by atoms with Gasteiger partial charge in [-0.3, -0.25) is 0 Å². The molecule has 0 radical (unpaired) electrons. The molecule has 0 saturated carbocycles. The maximum absolute atomic E-state index is 8.61. The van der Waals surface area contributed by atoms with Crippen LogP contribution in [0.1, 0.15) is 24.1 Å². The molecule has 2 aromatic rings. The second-order valence-corrected chi connectivity index (χ2v) is 5.09. The molecule has 0 saturated heterocycles. The molecule has 0 aromatic heterocycles. The van der Waals surface area contributed by atoms with E-state index in [1.54, 1.807) is 0 Å². The standard InChI is InChI=1S/C17H17ClN2O/c1-13(15-7-3-4-8-16(15)18)20-12-14-6-2-5-9-17(14)21-11-10-19/h2-9,13,20H,11-12H2,1H3/t13-/m0/s1. The molecule has 3 nitrogen and oxygen atoms in total. The van der Waals surface area contributed by atoms with Gasteiger partial charge >= 0.3 is 0 Å². The van der Waals surface area contributed by atoms with Crippen LogP contribution in [0, 0.1) is 11.3 Å². The molecular weight excluding hydrogens is 284 g/mol. The van der Waals surface area contributed by atoms with Crippen LogP contribution < -0.4 is 10.1 Å². The molecule has 0 unspecified atom stereocenters. The first-order chi connectivity index (χ1) is 10.2. The minimum Gasteiger partial charge on any atom is -0.478 e. The SMILES string of the molecule is C[C@H](NCc1ccccc1OCC#N)c1ccccc1Cl. The van der Waals surface area contributed by atoms with E-state index in [-0.39, 0.29) is 12.6 Å². The first-order valence-corrected chi connectivity index (χ1v) is 7.15. The van der Waals surface area contributed by atoms with Gasteiger partial charge in [0.1, 0.15) is 11.8 Å². The summed E-state index contributed by atoms with van der Waals surface area (Å²) in [5.41, 5.74) is 2.08. The highest BCUT2D eigenvalue weighted by atomic mass is 35.5. The predicted molar refractivity (Wildman–Crippen MR) is 84.3 cm³/mol. The third-order valence-electron chi connectivity index (χ3n) is 3.24. The van der Waals surface area contributed by atoms with Crippen molar-refractivity contribution in [1.29, 1.82) is 5.26 Å². The largest absolute Gasteiger partial charge is 0.478 e. The molecule has 2 aromatic carbocycles. The van der Waals surface area contributed by atoms with Crippen molar-refractivity contribution >= 4 is 11.6 Å². The quantitative estimate of drug-likeness (QED) is 0.874. The number of ether oxygens (including phenoxy) is 1. The Morgan fingerprint density at radius 1 is 1.19 bits per heavy atom. The highest BCUT2D eigenvalue weighted by Gasteiger charge is 2.10. The molecule has 0 amide bonds. The summed E-state index contributed by atoms with van der Waals surface area (Å²) in [5, 5.41) is 12.8. The van der Waals surface area contributed by atoms with Crippen LogP contribution in [0.5, 0.6) is 5.75 Å². The van der Waals surface area contributed by atoms with E-state index in [4.69, 9.17) is 21.6 Å². The lowest BCUT2D eigenvalue weighted by atomic mass is 10.1. The molecular formula is C17H17ClN2O. The van der Waals surface area contributed by atoms with Crippen LogP contribution in [-0.4, -0.2) is 6.61 Å². The Bertz CT molecular complexity index is 637. The van der Waals surface area contributed by atoms with E-state index in [0.717, 1.165) is 21.9 Å². The van der Waals surface area contributed by atoms with Gasteiger partial charge in [0.15, 0.2) is 6.61 Å². The summed E-state index contributed by atoms with van der Waals surface area (Å²) < 4.78 is 5.42. The van der Waals surface area contributed by atoms with Gasteiger partial charge in [-0.15, -0.1) is 0 Å². The number of para-hydroxylation sites is 1. The Balaban J connectivity index is 2.03. The Hall–Kier alpha value is -2.02. The van der Waals surface area contributed by atoms with Crippen molar-refractivity contribution in [2.75, 3.05) is 6.61 Å². The lowest BCUT2D eigenvalue weighted by Crippen LogP contribution is -2.19. The fourth-order valence-corrected chi connectivity index (χ4v) is 2.40. The number of benzene rings is 2. The zero-order chi connectivity index (χ0) is 15.1. The molecule has 4 heteroatoms. The van der Waals surface area contributed by atoms with E-state index in [1.807, 2.05) is 54.6 Å². The molecule has 0 fully saturated rings. The Labute approximate surface area is 130 Å². The third kappa shape index (κ3) is 4.22. The molecule has 0 aliphatic carbocycles. The number of nitrogens with one attached hydrogen (secondary N) is 1. The predicted octanol–water partition coefficient (Wildman–Crippen LogP) is 4.09. The molecule has 0 aliphatic heterocycles. The van der Waals surface area contributed by atoms with Crippen molar-refractivity contribution in [3.05, 3.63) is 64.7 Å². The summed E-state index contributed by atoms with van der Waals surface area (Å²) in [4.78, 5) is 0. The van der Waals surface area contributed by atoms with Crippen LogP contribution in [0.3, 0.4) is 0 Å². The van der Waals surface area contributed by atoms with Crippen LogP contribution in [0.2, 0.25) is 5.02 Å². The topological polar surface area (TPSA) is 45.0 Å². The van der Waals surface area contributed by atoms with Crippen LogP contribution in [0.15, 0.2) is 48.5 Å². The van der Waals surface area contributed by atoms with E-state index in [2.05, 4.69) is 12.2 Å². The lowest BCUT2D eigenvalue weighted by molar-refractivity contribution is 0.361. The van der Waals surface area contributed by atoms with Crippen molar-refractivity contribution in [2.45, 2.75) is 19.5 Å². The zero-order valence-corrected chi connectivity index (χ0v) is 12.6. The molecule has 1 atom stereocenters. The van der Waals surface area contributed by atoms with Crippen LogP contribution in [0.4, 0.5) is 0 Å². The summed E-state index contributed by atoms with van der Waals surface area (Å²) in [6.45, 7) is 2.77. The maximum Gasteiger partial charge on any atom is 0.174 e. The third-order valence-corrected chi connectivity index (χ3v) is 3.58. The summed E-state index contributed by atoms with van der Waals surface area (Å²) in [6, 6.07) is 17.6. The van der Waals surface area contributed by atoms with Crippen molar-refractivity contribution in [1.82, 2.24) is 5.32 Å².